The lowest BCUT2D eigenvalue weighted by Crippen LogP contribution is -2.24. The smallest absolute Gasteiger partial charge is 0.134 e. The molecule has 1 heterocycles. The fraction of sp³-hybridized carbons (Fsp3) is 0.833. The second-order valence-electron chi connectivity index (χ2n) is 4.72. The minimum atomic E-state index is 0.444. The summed E-state index contributed by atoms with van der Waals surface area (Å²) in [6.07, 6.45) is 4.00. The van der Waals surface area contributed by atoms with Gasteiger partial charge in [0.25, 0.3) is 0 Å². The molecular formula is C12H24N4. The number of hydrogen-bond donors (Lipinski definition) is 1. The maximum absolute atomic E-state index is 4.15. The van der Waals surface area contributed by atoms with Crippen molar-refractivity contribution in [2.45, 2.75) is 46.6 Å². The van der Waals surface area contributed by atoms with Crippen LogP contribution in [-0.4, -0.2) is 27.9 Å². The Labute approximate surface area is 98.5 Å². The van der Waals surface area contributed by atoms with Gasteiger partial charge in [-0.2, -0.15) is 0 Å². The van der Waals surface area contributed by atoms with Crippen LogP contribution >= 0.6 is 0 Å². The fourth-order valence-electron chi connectivity index (χ4n) is 1.57. The maximum atomic E-state index is 4.15. The van der Waals surface area contributed by atoms with Crippen LogP contribution in [0.3, 0.4) is 0 Å². The number of nitrogens with zero attached hydrogens (tertiary/aromatic N) is 3. The van der Waals surface area contributed by atoms with Gasteiger partial charge in [0.2, 0.25) is 0 Å². The van der Waals surface area contributed by atoms with Gasteiger partial charge in [0, 0.05) is 19.0 Å². The Morgan fingerprint density at radius 1 is 1.38 bits per heavy atom. The average molecular weight is 224 g/mol. The molecule has 0 aliphatic rings. The van der Waals surface area contributed by atoms with Gasteiger partial charge in [-0.3, -0.25) is 0 Å². The largest absolute Gasteiger partial charge is 0.316 e. The molecule has 1 N–H and O–H groups in total. The fourth-order valence-corrected chi connectivity index (χ4v) is 1.57. The predicted molar refractivity (Wildman–Crippen MR) is 66.4 cm³/mol. The van der Waals surface area contributed by atoms with Crippen LogP contribution in [-0.2, 0) is 6.42 Å². The molecule has 1 unspecified atom stereocenters. The normalized spacial score (nSPS) is 13.3. The van der Waals surface area contributed by atoms with Crippen molar-refractivity contribution in [2.24, 2.45) is 5.92 Å². The number of nitrogens with one attached hydrogen (secondary N) is 1. The van der Waals surface area contributed by atoms with Gasteiger partial charge in [-0.05, 0) is 26.3 Å². The topological polar surface area (TPSA) is 42.7 Å². The first-order valence-corrected chi connectivity index (χ1v) is 6.24. The van der Waals surface area contributed by atoms with Gasteiger partial charge in [0.15, 0.2) is 0 Å². The third-order valence-electron chi connectivity index (χ3n) is 2.92. The highest BCUT2D eigenvalue weighted by Crippen LogP contribution is 2.06. The SMILES string of the molecule is CCC(C)CNCCc1nncn1C(C)C. The van der Waals surface area contributed by atoms with Crippen molar-refractivity contribution in [3.63, 3.8) is 0 Å². The zero-order chi connectivity index (χ0) is 12.0. The van der Waals surface area contributed by atoms with E-state index in [2.05, 4.69) is 47.8 Å². The van der Waals surface area contributed by atoms with Crippen LogP contribution in [0.2, 0.25) is 0 Å². The molecule has 0 aromatic carbocycles. The molecule has 0 aliphatic carbocycles. The maximum Gasteiger partial charge on any atom is 0.134 e. The van der Waals surface area contributed by atoms with E-state index in [1.807, 2.05) is 6.33 Å². The molecule has 0 amide bonds. The lowest BCUT2D eigenvalue weighted by atomic mass is 10.1. The minimum absolute atomic E-state index is 0.444. The summed E-state index contributed by atoms with van der Waals surface area (Å²) in [5.41, 5.74) is 0. The highest BCUT2D eigenvalue weighted by atomic mass is 15.3. The van der Waals surface area contributed by atoms with Gasteiger partial charge in [-0.1, -0.05) is 20.3 Å². The Kier molecular flexibility index (Phi) is 5.46. The van der Waals surface area contributed by atoms with Gasteiger partial charge in [-0.25, -0.2) is 0 Å². The van der Waals surface area contributed by atoms with Crippen molar-refractivity contribution in [1.29, 1.82) is 0 Å². The van der Waals surface area contributed by atoms with E-state index >= 15 is 0 Å². The molecule has 0 bridgehead atoms. The number of aromatic nitrogens is 3. The molecule has 0 saturated carbocycles. The standard InChI is InChI=1S/C12H24N4/c1-5-11(4)8-13-7-6-12-15-14-9-16(12)10(2)3/h9-11,13H,5-8H2,1-4H3. The Morgan fingerprint density at radius 2 is 2.12 bits per heavy atom. The summed E-state index contributed by atoms with van der Waals surface area (Å²) < 4.78 is 2.13. The molecule has 0 aliphatic heterocycles. The van der Waals surface area contributed by atoms with Gasteiger partial charge in [-0.15, -0.1) is 10.2 Å². The molecule has 0 radical (unpaired) electrons. The third-order valence-corrected chi connectivity index (χ3v) is 2.92. The zero-order valence-corrected chi connectivity index (χ0v) is 10.9. The van der Waals surface area contributed by atoms with Crippen molar-refractivity contribution in [3.8, 4) is 0 Å². The second kappa shape index (κ2) is 6.63. The zero-order valence-electron chi connectivity index (χ0n) is 10.9. The third kappa shape index (κ3) is 3.93. The minimum Gasteiger partial charge on any atom is -0.316 e. The highest BCUT2D eigenvalue weighted by Gasteiger charge is 2.06. The summed E-state index contributed by atoms with van der Waals surface area (Å²) in [5, 5.41) is 11.6. The molecule has 1 aromatic rings. The van der Waals surface area contributed by atoms with Crippen LogP contribution in [0.1, 0.15) is 46.0 Å². The molecule has 16 heavy (non-hydrogen) atoms. The summed E-state index contributed by atoms with van der Waals surface area (Å²) in [4.78, 5) is 0. The van der Waals surface area contributed by atoms with Crippen LogP contribution in [0.4, 0.5) is 0 Å². The quantitative estimate of drug-likeness (QED) is 0.721. The van der Waals surface area contributed by atoms with Gasteiger partial charge < -0.3 is 9.88 Å². The summed E-state index contributed by atoms with van der Waals surface area (Å²) in [5.74, 6) is 1.83. The van der Waals surface area contributed by atoms with E-state index in [-0.39, 0.29) is 0 Å². The van der Waals surface area contributed by atoms with E-state index in [0.29, 0.717) is 6.04 Å². The molecule has 0 saturated heterocycles. The van der Waals surface area contributed by atoms with E-state index in [1.54, 1.807) is 0 Å². The summed E-state index contributed by atoms with van der Waals surface area (Å²) in [6, 6.07) is 0.444. The summed E-state index contributed by atoms with van der Waals surface area (Å²) in [6.45, 7) is 10.9. The van der Waals surface area contributed by atoms with Crippen LogP contribution < -0.4 is 5.32 Å². The predicted octanol–water partition coefficient (Wildman–Crippen LogP) is 2.04. The second-order valence-corrected chi connectivity index (χ2v) is 4.72. The van der Waals surface area contributed by atoms with Crippen LogP contribution in [0.5, 0.6) is 0 Å². The first kappa shape index (κ1) is 13.2. The molecule has 1 rings (SSSR count). The van der Waals surface area contributed by atoms with E-state index in [4.69, 9.17) is 0 Å². The first-order chi connectivity index (χ1) is 7.65. The van der Waals surface area contributed by atoms with Gasteiger partial charge in [0.05, 0.1) is 0 Å². The molecule has 4 nitrogen and oxygen atoms in total. The monoisotopic (exact) mass is 224 g/mol. The number of rotatable bonds is 7. The van der Waals surface area contributed by atoms with Crippen molar-refractivity contribution in [3.05, 3.63) is 12.2 Å². The van der Waals surface area contributed by atoms with Gasteiger partial charge in [0.1, 0.15) is 12.2 Å². The molecular weight excluding hydrogens is 200 g/mol. The summed E-state index contributed by atoms with van der Waals surface area (Å²) >= 11 is 0. The molecule has 0 spiro atoms. The van der Waals surface area contributed by atoms with Crippen LogP contribution in [0.25, 0.3) is 0 Å². The molecule has 0 fully saturated rings. The molecule has 1 atom stereocenters. The van der Waals surface area contributed by atoms with Crippen LogP contribution in [0, 0.1) is 5.92 Å². The van der Waals surface area contributed by atoms with Crippen molar-refractivity contribution < 1.29 is 0 Å². The lowest BCUT2D eigenvalue weighted by molar-refractivity contribution is 0.492. The van der Waals surface area contributed by atoms with Crippen molar-refractivity contribution >= 4 is 0 Å². The van der Waals surface area contributed by atoms with Crippen molar-refractivity contribution in [1.82, 2.24) is 20.1 Å². The van der Waals surface area contributed by atoms with Crippen molar-refractivity contribution in [2.75, 3.05) is 13.1 Å². The molecule has 1 aromatic heterocycles. The summed E-state index contributed by atoms with van der Waals surface area (Å²) in [7, 11) is 0. The first-order valence-electron chi connectivity index (χ1n) is 6.24. The molecule has 4 heteroatoms. The van der Waals surface area contributed by atoms with Gasteiger partial charge >= 0.3 is 0 Å². The number of hydrogen-bond acceptors (Lipinski definition) is 3. The molecule has 92 valence electrons. The Morgan fingerprint density at radius 3 is 2.75 bits per heavy atom. The van der Waals surface area contributed by atoms with E-state index in [0.717, 1.165) is 31.3 Å². The van der Waals surface area contributed by atoms with E-state index in [9.17, 15) is 0 Å². The van der Waals surface area contributed by atoms with E-state index < -0.39 is 0 Å². The Hall–Kier alpha value is -0.900. The highest BCUT2D eigenvalue weighted by molar-refractivity contribution is 4.88. The average Bonchev–Trinajstić information content (AvgIpc) is 2.72. The Bertz CT molecular complexity index is 293. The van der Waals surface area contributed by atoms with Crippen LogP contribution in [0.15, 0.2) is 6.33 Å². The lowest BCUT2D eigenvalue weighted by Gasteiger charge is -2.12. The Balaban J connectivity index is 2.29. The van der Waals surface area contributed by atoms with E-state index in [1.165, 1.54) is 6.42 Å².